The van der Waals surface area contributed by atoms with Gasteiger partial charge in [0.25, 0.3) is 0 Å². The van der Waals surface area contributed by atoms with Gasteiger partial charge in [0.1, 0.15) is 5.78 Å². The maximum absolute atomic E-state index is 10.9. The number of hydrogen-bond acceptors (Lipinski definition) is 2. The van der Waals surface area contributed by atoms with Gasteiger partial charge < -0.3 is 0 Å². The van der Waals surface area contributed by atoms with Crippen LogP contribution in [0.4, 0.5) is 0 Å². The fourth-order valence-electron chi connectivity index (χ4n) is 1.21. The average Bonchev–Trinajstić information content (AvgIpc) is 2.20. The summed E-state index contributed by atoms with van der Waals surface area (Å²) >= 11 is 4.08. The first kappa shape index (κ1) is 11.9. The van der Waals surface area contributed by atoms with Crippen LogP contribution in [0.1, 0.15) is 24.5 Å². The van der Waals surface area contributed by atoms with Crippen LogP contribution >= 0.6 is 12.6 Å². The van der Waals surface area contributed by atoms with Crippen molar-refractivity contribution >= 4 is 18.4 Å². The highest BCUT2D eigenvalue weighted by Crippen LogP contribution is 2.04. The smallest absolute Gasteiger partial charge is 0.134 e. The van der Waals surface area contributed by atoms with Gasteiger partial charge in [-0.15, -0.1) is 0 Å². The number of benzene rings is 1. The van der Waals surface area contributed by atoms with Crippen molar-refractivity contribution in [3.05, 3.63) is 35.4 Å². The third kappa shape index (κ3) is 4.71. The molecule has 0 unspecified atom stereocenters. The highest BCUT2D eigenvalue weighted by molar-refractivity contribution is 7.80. The molecule has 0 aromatic heterocycles. The second-order valence-corrected chi connectivity index (χ2v) is 3.80. The van der Waals surface area contributed by atoms with Gasteiger partial charge in [0.05, 0.1) is 0 Å². The summed E-state index contributed by atoms with van der Waals surface area (Å²) in [5.41, 5.74) is 2.03. The first-order chi connectivity index (χ1) is 7.22. The molecule has 0 atom stereocenters. The van der Waals surface area contributed by atoms with Crippen LogP contribution in [0.5, 0.6) is 0 Å². The van der Waals surface area contributed by atoms with E-state index in [0.717, 1.165) is 23.3 Å². The molecule has 0 spiro atoms. The molecule has 0 bridgehead atoms. The number of Topliss-reactive ketones (excluding diaryl/α,β-unsaturated/α-hetero) is 1. The van der Waals surface area contributed by atoms with E-state index in [2.05, 4.69) is 24.5 Å². The van der Waals surface area contributed by atoms with E-state index in [4.69, 9.17) is 0 Å². The zero-order valence-electron chi connectivity index (χ0n) is 8.79. The largest absolute Gasteiger partial charge is 0.300 e. The van der Waals surface area contributed by atoms with Crippen LogP contribution < -0.4 is 0 Å². The van der Waals surface area contributed by atoms with Crippen molar-refractivity contribution in [2.45, 2.75) is 19.8 Å². The maximum Gasteiger partial charge on any atom is 0.134 e. The Morgan fingerprint density at radius 1 is 1.33 bits per heavy atom. The number of hydrogen-bond donors (Lipinski definition) is 1. The summed E-state index contributed by atoms with van der Waals surface area (Å²) in [5, 5.41) is 0. The van der Waals surface area contributed by atoms with E-state index >= 15 is 0 Å². The van der Waals surface area contributed by atoms with E-state index in [1.807, 2.05) is 24.3 Å². The van der Waals surface area contributed by atoms with Crippen molar-refractivity contribution in [3.63, 3.8) is 0 Å². The first-order valence-corrected chi connectivity index (χ1v) is 5.53. The van der Waals surface area contributed by atoms with Gasteiger partial charge in [-0.25, -0.2) is 0 Å². The Kier molecular flexibility index (Phi) is 5.00. The normalized spacial score (nSPS) is 9.20. The van der Waals surface area contributed by atoms with Crippen LogP contribution in [0.15, 0.2) is 24.3 Å². The van der Waals surface area contributed by atoms with Crippen LogP contribution in [0.3, 0.4) is 0 Å². The zero-order chi connectivity index (χ0) is 11.1. The molecule has 1 aromatic carbocycles. The topological polar surface area (TPSA) is 17.1 Å². The summed E-state index contributed by atoms with van der Waals surface area (Å²) < 4.78 is 0. The molecule has 0 saturated carbocycles. The number of thiol groups is 1. The fraction of sp³-hybridized carbons (Fsp3) is 0.308. The van der Waals surface area contributed by atoms with Crippen LogP contribution in [0, 0.1) is 11.8 Å². The second-order valence-electron chi connectivity index (χ2n) is 3.35. The van der Waals surface area contributed by atoms with E-state index in [-0.39, 0.29) is 5.78 Å². The van der Waals surface area contributed by atoms with E-state index < -0.39 is 0 Å². The minimum Gasteiger partial charge on any atom is -0.300 e. The van der Waals surface area contributed by atoms with E-state index in [1.54, 1.807) is 6.92 Å². The first-order valence-electron chi connectivity index (χ1n) is 4.90. The minimum absolute atomic E-state index is 0.184. The monoisotopic (exact) mass is 218 g/mol. The number of ketones is 1. The molecule has 0 aliphatic heterocycles. The lowest BCUT2D eigenvalue weighted by Gasteiger charge is -1.97. The number of carbonyl (C=O) groups excluding carboxylic acids is 1. The van der Waals surface area contributed by atoms with Crippen molar-refractivity contribution in [1.29, 1.82) is 0 Å². The minimum atomic E-state index is 0.184. The van der Waals surface area contributed by atoms with Crippen LogP contribution in [-0.4, -0.2) is 11.5 Å². The molecule has 2 heteroatoms. The Labute approximate surface area is 96.3 Å². The molecule has 0 radical (unpaired) electrons. The molecular formula is C13H14OS. The summed E-state index contributed by atoms with van der Waals surface area (Å²) in [6, 6.07) is 7.80. The summed E-state index contributed by atoms with van der Waals surface area (Å²) in [5.74, 6) is 7.03. The van der Waals surface area contributed by atoms with E-state index in [9.17, 15) is 4.79 Å². The zero-order valence-corrected chi connectivity index (χ0v) is 9.68. The molecule has 0 amide bonds. The molecule has 0 fully saturated rings. The van der Waals surface area contributed by atoms with Crippen molar-refractivity contribution in [2.75, 3.05) is 5.75 Å². The molecule has 15 heavy (non-hydrogen) atoms. The number of rotatable bonds is 3. The summed E-state index contributed by atoms with van der Waals surface area (Å²) in [4.78, 5) is 10.9. The van der Waals surface area contributed by atoms with Crippen molar-refractivity contribution in [2.24, 2.45) is 0 Å². The Balaban J connectivity index is 2.65. The van der Waals surface area contributed by atoms with E-state index in [1.165, 1.54) is 0 Å². The molecule has 1 nitrogen and oxygen atoms in total. The second kappa shape index (κ2) is 6.31. The molecule has 1 aromatic rings. The lowest BCUT2D eigenvalue weighted by molar-refractivity contribution is -0.116. The van der Waals surface area contributed by atoms with Gasteiger partial charge in [0, 0.05) is 24.2 Å². The van der Waals surface area contributed by atoms with Crippen molar-refractivity contribution < 1.29 is 4.79 Å². The quantitative estimate of drug-likeness (QED) is 0.609. The Bertz CT molecular complexity index is 381. The molecule has 0 aliphatic carbocycles. The maximum atomic E-state index is 10.9. The summed E-state index contributed by atoms with van der Waals surface area (Å²) in [7, 11) is 0. The van der Waals surface area contributed by atoms with Gasteiger partial charge >= 0.3 is 0 Å². The molecule has 1 rings (SSSR count). The van der Waals surface area contributed by atoms with Crippen LogP contribution in [-0.2, 0) is 11.2 Å². The standard InChI is InChI=1S/C13H14OS/c1-11(14)10-13-7-5-12(6-8-13)4-2-3-9-15/h5-8,15H,3,9-10H2,1H3. The lowest BCUT2D eigenvalue weighted by atomic mass is 10.1. The molecular weight excluding hydrogens is 204 g/mol. The van der Waals surface area contributed by atoms with Gasteiger partial charge in [0.15, 0.2) is 0 Å². The third-order valence-corrected chi connectivity index (χ3v) is 2.10. The van der Waals surface area contributed by atoms with E-state index in [0.29, 0.717) is 6.42 Å². The summed E-state index contributed by atoms with van der Waals surface area (Å²) in [6.45, 7) is 1.60. The van der Waals surface area contributed by atoms with Gasteiger partial charge in [0.2, 0.25) is 0 Å². The van der Waals surface area contributed by atoms with Crippen molar-refractivity contribution in [3.8, 4) is 11.8 Å². The predicted octanol–water partition coefficient (Wildman–Crippen LogP) is 2.49. The Hall–Kier alpha value is -1.20. The molecule has 0 aliphatic rings. The predicted molar refractivity (Wildman–Crippen MR) is 66.2 cm³/mol. The molecule has 78 valence electrons. The number of carbonyl (C=O) groups is 1. The Morgan fingerprint density at radius 2 is 2.00 bits per heavy atom. The average molecular weight is 218 g/mol. The van der Waals surface area contributed by atoms with Crippen LogP contribution in [0.25, 0.3) is 0 Å². The molecule has 0 saturated heterocycles. The van der Waals surface area contributed by atoms with Crippen LogP contribution in [0.2, 0.25) is 0 Å². The van der Waals surface area contributed by atoms with Gasteiger partial charge in [-0.05, 0) is 24.6 Å². The molecule has 0 N–H and O–H groups in total. The lowest BCUT2D eigenvalue weighted by Crippen LogP contribution is -1.95. The van der Waals surface area contributed by atoms with Crippen molar-refractivity contribution in [1.82, 2.24) is 0 Å². The summed E-state index contributed by atoms with van der Waals surface area (Å²) in [6.07, 6.45) is 1.31. The highest BCUT2D eigenvalue weighted by Gasteiger charge is 1.96. The highest BCUT2D eigenvalue weighted by atomic mass is 32.1. The van der Waals surface area contributed by atoms with Gasteiger partial charge in [-0.1, -0.05) is 24.0 Å². The fourth-order valence-corrected chi connectivity index (χ4v) is 1.33. The van der Waals surface area contributed by atoms with Gasteiger partial charge in [-0.2, -0.15) is 12.6 Å². The third-order valence-electron chi connectivity index (χ3n) is 1.88. The SMILES string of the molecule is CC(=O)Cc1ccc(C#CCCS)cc1. The molecule has 0 heterocycles. The Morgan fingerprint density at radius 3 is 2.53 bits per heavy atom. The van der Waals surface area contributed by atoms with Gasteiger partial charge in [-0.3, -0.25) is 4.79 Å².